The van der Waals surface area contributed by atoms with Gasteiger partial charge in [0.1, 0.15) is 5.82 Å². The molecule has 0 saturated carbocycles. The Morgan fingerprint density at radius 2 is 2.37 bits per heavy atom. The van der Waals surface area contributed by atoms with Gasteiger partial charge in [0, 0.05) is 37.4 Å². The zero-order chi connectivity index (χ0) is 14.0. The smallest absolute Gasteiger partial charge is 0.274 e. The van der Waals surface area contributed by atoms with Crippen LogP contribution in [0.25, 0.3) is 0 Å². The molecule has 0 radical (unpaired) electrons. The van der Waals surface area contributed by atoms with Crippen LogP contribution < -0.4 is 4.90 Å². The molecule has 8 heteroatoms. The molecule has 1 aromatic rings. The third kappa shape index (κ3) is 3.08. The highest BCUT2D eigenvalue weighted by Crippen LogP contribution is 2.28. The minimum Gasteiger partial charge on any atom is -0.295 e. The minimum absolute atomic E-state index is 0.0494. The molecule has 1 amide bonds. The molecule has 1 unspecified atom stereocenters. The van der Waals surface area contributed by atoms with Crippen molar-refractivity contribution in [1.29, 1.82) is 0 Å². The molecular weight excluding hydrogens is 270 g/mol. The van der Waals surface area contributed by atoms with Crippen LogP contribution in [-0.2, 0) is 9.59 Å². The Morgan fingerprint density at radius 1 is 1.63 bits per heavy atom. The van der Waals surface area contributed by atoms with E-state index in [2.05, 4.69) is 4.98 Å². The quantitative estimate of drug-likeness (QED) is 0.613. The molecule has 0 aromatic carbocycles. The Morgan fingerprint density at radius 3 is 3.00 bits per heavy atom. The van der Waals surface area contributed by atoms with Crippen LogP contribution in [-0.4, -0.2) is 32.7 Å². The summed E-state index contributed by atoms with van der Waals surface area (Å²) < 4.78 is 0. The minimum atomic E-state index is -0.534. The summed E-state index contributed by atoms with van der Waals surface area (Å²) in [5.41, 5.74) is -0.111. The molecule has 0 aliphatic carbocycles. The summed E-state index contributed by atoms with van der Waals surface area (Å²) in [5.74, 6) is 0.0811. The molecule has 7 nitrogen and oxygen atoms in total. The Bertz CT molecular complexity index is 548. The van der Waals surface area contributed by atoms with Gasteiger partial charge in [-0.2, -0.15) is 0 Å². The fourth-order valence-electron chi connectivity index (χ4n) is 1.88. The van der Waals surface area contributed by atoms with E-state index in [-0.39, 0.29) is 34.2 Å². The second kappa shape index (κ2) is 5.35. The maximum atomic E-state index is 11.8. The van der Waals surface area contributed by atoms with Crippen molar-refractivity contribution < 1.29 is 14.5 Å². The van der Waals surface area contributed by atoms with Gasteiger partial charge in [-0.15, -0.1) is 0 Å². The lowest BCUT2D eigenvalue weighted by molar-refractivity contribution is -0.384. The largest absolute Gasteiger partial charge is 0.295 e. The Kier molecular flexibility index (Phi) is 3.79. The van der Waals surface area contributed by atoms with E-state index >= 15 is 0 Å². The number of hydrogen-bond donors (Lipinski definition) is 0. The van der Waals surface area contributed by atoms with E-state index in [0.717, 1.165) is 11.8 Å². The van der Waals surface area contributed by atoms with E-state index in [0.29, 0.717) is 6.54 Å². The van der Waals surface area contributed by atoms with Crippen molar-refractivity contribution in [2.45, 2.75) is 18.6 Å². The third-order valence-electron chi connectivity index (χ3n) is 2.64. The lowest BCUT2D eigenvalue weighted by atomic mass is 10.4. The van der Waals surface area contributed by atoms with E-state index in [4.69, 9.17) is 0 Å². The van der Waals surface area contributed by atoms with Gasteiger partial charge in [0.15, 0.2) is 5.12 Å². The van der Waals surface area contributed by atoms with Gasteiger partial charge in [0.2, 0.25) is 5.91 Å². The van der Waals surface area contributed by atoms with Gasteiger partial charge in [0.25, 0.3) is 5.69 Å². The number of nitro groups is 1. The molecule has 1 atom stereocenters. The number of nitrogens with zero attached hydrogens (tertiary/aromatic N) is 3. The summed E-state index contributed by atoms with van der Waals surface area (Å²) in [6.45, 7) is 1.79. The van der Waals surface area contributed by atoms with Crippen LogP contribution in [0.1, 0.15) is 13.3 Å². The molecule has 1 aromatic heterocycles. The highest BCUT2D eigenvalue weighted by molar-refractivity contribution is 8.14. The molecule has 2 heterocycles. The summed E-state index contributed by atoms with van der Waals surface area (Å²) in [6.07, 6.45) is 1.54. The van der Waals surface area contributed by atoms with Crippen LogP contribution in [0, 0.1) is 10.1 Å². The molecule has 19 heavy (non-hydrogen) atoms. The fraction of sp³-hybridized carbons (Fsp3) is 0.364. The van der Waals surface area contributed by atoms with Crippen molar-refractivity contribution in [3.63, 3.8) is 0 Å². The highest BCUT2D eigenvalue weighted by Gasteiger charge is 2.33. The zero-order valence-electron chi connectivity index (χ0n) is 10.1. The van der Waals surface area contributed by atoms with E-state index in [1.165, 1.54) is 30.2 Å². The first-order valence-corrected chi connectivity index (χ1v) is 6.43. The Balaban J connectivity index is 2.18. The molecular formula is C11H11N3O4S. The highest BCUT2D eigenvalue weighted by atomic mass is 32.2. The molecule has 1 fully saturated rings. The van der Waals surface area contributed by atoms with Gasteiger partial charge in [0.05, 0.1) is 11.0 Å². The van der Waals surface area contributed by atoms with E-state index < -0.39 is 4.92 Å². The predicted octanol–water partition coefficient (Wildman–Crippen LogP) is 1.37. The summed E-state index contributed by atoms with van der Waals surface area (Å²) in [6, 6.07) is 2.53. The number of hydrogen-bond acceptors (Lipinski definition) is 6. The molecule has 0 spiro atoms. The summed E-state index contributed by atoms with van der Waals surface area (Å²) in [4.78, 5) is 38.4. The molecule has 100 valence electrons. The summed E-state index contributed by atoms with van der Waals surface area (Å²) in [7, 11) is 0. The SMILES string of the molecule is CC(=O)SC1CC(=O)N(c2cc([N+](=O)[O-])ccn2)C1. The number of aromatic nitrogens is 1. The first-order valence-electron chi connectivity index (χ1n) is 5.55. The first-order chi connectivity index (χ1) is 8.97. The van der Waals surface area contributed by atoms with Crippen LogP contribution in [0.2, 0.25) is 0 Å². The van der Waals surface area contributed by atoms with Crippen molar-refractivity contribution in [3.05, 3.63) is 28.4 Å². The van der Waals surface area contributed by atoms with Crippen LogP contribution in [0.4, 0.5) is 11.5 Å². The Hall–Kier alpha value is -1.96. The average Bonchev–Trinajstić information content (AvgIpc) is 2.69. The summed E-state index contributed by atoms with van der Waals surface area (Å²) >= 11 is 1.11. The van der Waals surface area contributed by atoms with Gasteiger partial charge in [-0.05, 0) is 0 Å². The molecule has 1 aliphatic rings. The number of carbonyl (C=O) groups excluding carboxylic acids is 2. The van der Waals surface area contributed by atoms with Gasteiger partial charge in [-0.25, -0.2) is 4.98 Å². The van der Waals surface area contributed by atoms with E-state index in [9.17, 15) is 19.7 Å². The number of pyridine rings is 1. The van der Waals surface area contributed by atoms with Crippen molar-refractivity contribution in [3.8, 4) is 0 Å². The maximum Gasteiger partial charge on any atom is 0.274 e. The van der Waals surface area contributed by atoms with Crippen molar-refractivity contribution in [1.82, 2.24) is 4.98 Å². The van der Waals surface area contributed by atoms with Crippen molar-refractivity contribution >= 4 is 34.3 Å². The Labute approximate surface area is 113 Å². The molecule has 0 bridgehead atoms. The number of amides is 1. The predicted molar refractivity (Wildman–Crippen MR) is 69.9 cm³/mol. The number of carbonyl (C=O) groups is 2. The molecule has 0 N–H and O–H groups in total. The topological polar surface area (TPSA) is 93.4 Å². The number of rotatable bonds is 3. The standard InChI is InChI=1S/C11H11N3O4S/c1-7(15)19-9-5-11(16)13(6-9)10-4-8(14(17)18)2-3-12-10/h2-4,9H,5-6H2,1H3. The lowest BCUT2D eigenvalue weighted by Crippen LogP contribution is -2.25. The van der Waals surface area contributed by atoms with Gasteiger partial charge in [-0.3, -0.25) is 24.6 Å². The number of thioether (sulfide) groups is 1. The first kappa shape index (κ1) is 13.5. The van der Waals surface area contributed by atoms with Crippen LogP contribution in [0.3, 0.4) is 0 Å². The van der Waals surface area contributed by atoms with Gasteiger partial charge >= 0.3 is 0 Å². The lowest BCUT2D eigenvalue weighted by Gasteiger charge is -2.14. The van der Waals surface area contributed by atoms with Crippen molar-refractivity contribution in [2.75, 3.05) is 11.4 Å². The average molecular weight is 281 g/mol. The zero-order valence-corrected chi connectivity index (χ0v) is 10.9. The number of anilines is 1. The van der Waals surface area contributed by atoms with E-state index in [1.54, 1.807) is 0 Å². The molecule has 1 aliphatic heterocycles. The molecule has 2 rings (SSSR count). The van der Waals surface area contributed by atoms with E-state index in [1.807, 2.05) is 0 Å². The normalized spacial score (nSPS) is 18.7. The third-order valence-corrected chi connectivity index (χ3v) is 3.62. The van der Waals surface area contributed by atoms with Gasteiger partial charge in [-0.1, -0.05) is 11.8 Å². The monoisotopic (exact) mass is 281 g/mol. The maximum absolute atomic E-state index is 11.8. The summed E-state index contributed by atoms with van der Waals surface area (Å²) in [5, 5.41) is 10.5. The van der Waals surface area contributed by atoms with Crippen LogP contribution in [0.5, 0.6) is 0 Å². The fourth-order valence-corrected chi connectivity index (χ4v) is 2.80. The molecule has 1 saturated heterocycles. The second-order valence-corrected chi connectivity index (χ2v) is 5.55. The van der Waals surface area contributed by atoms with Crippen molar-refractivity contribution in [2.24, 2.45) is 0 Å². The van der Waals surface area contributed by atoms with Gasteiger partial charge < -0.3 is 0 Å². The van der Waals surface area contributed by atoms with Crippen LogP contribution in [0.15, 0.2) is 18.3 Å². The van der Waals surface area contributed by atoms with Crippen LogP contribution >= 0.6 is 11.8 Å². The second-order valence-electron chi connectivity index (χ2n) is 4.07.